The second kappa shape index (κ2) is 6.95. The zero-order chi connectivity index (χ0) is 12.8. The van der Waals surface area contributed by atoms with E-state index in [0.29, 0.717) is 12.7 Å². The third-order valence-electron chi connectivity index (χ3n) is 3.67. The quantitative estimate of drug-likeness (QED) is 0.813. The molecule has 18 heavy (non-hydrogen) atoms. The molecule has 1 aliphatic carbocycles. The SMILES string of the molecule is CNCc1oc(COC2CCCCCC2)cc1C. The molecule has 3 nitrogen and oxygen atoms in total. The minimum Gasteiger partial charge on any atom is -0.462 e. The van der Waals surface area contributed by atoms with Gasteiger partial charge in [-0.1, -0.05) is 25.7 Å². The van der Waals surface area contributed by atoms with Gasteiger partial charge >= 0.3 is 0 Å². The van der Waals surface area contributed by atoms with Crippen LogP contribution >= 0.6 is 0 Å². The van der Waals surface area contributed by atoms with E-state index in [0.717, 1.165) is 18.1 Å². The number of hydrogen-bond acceptors (Lipinski definition) is 3. The number of nitrogens with one attached hydrogen (secondary N) is 1. The molecule has 0 spiro atoms. The van der Waals surface area contributed by atoms with Crippen LogP contribution in [0.2, 0.25) is 0 Å². The fourth-order valence-electron chi connectivity index (χ4n) is 2.61. The van der Waals surface area contributed by atoms with Crippen LogP contribution in [-0.2, 0) is 17.9 Å². The number of rotatable bonds is 5. The predicted octanol–water partition coefficient (Wildman–Crippen LogP) is 3.55. The maximum absolute atomic E-state index is 5.98. The molecular formula is C15H25NO2. The number of ether oxygens (including phenoxy) is 1. The molecule has 102 valence electrons. The van der Waals surface area contributed by atoms with Gasteiger partial charge in [0.05, 0.1) is 12.6 Å². The average molecular weight is 251 g/mol. The molecule has 0 unspecified atom stereocenters. The third kappa shape index (κ3) is 3.85. The molecule has 0 atom stereocenters. The first-order valence-corrected chi connectivity index (χ1v) is 7.14. The third-order valence-corrected chi connectivity index (χ3v) is 3.67. The Kier molecular flexibility index (Phi) is 5.26. The molecule has 1 fully saturated rings. The number of hydrogen-bond donors (Lipinski definition) is 1. The van der Waals surface area contributed by atoms with E-state index in [2.05, 4.69) is 18.3 Å². The molecule has 3 heteroatoms. The van der Waals surface area contributed by atoms with Crippen LogP contribution in [0.1, 0.15) is 55.6 Å². The van der Waals surface area contributed by atoms with E-state index in [1.165, 1.54) is 44.1 Å². The fourth-order valence-corrected chi connectivity index (χ4v) is 2.61. The lowest BCUT2D eigenvalue weighted by Gasteiger charge is -2.14. The van der Waals surface area contributed by atoms with Crippen molar-refractivity contribution in [3.8, 4) is 0 Å². The summed E-state index contributed by atoms with van der Waals surface area (Å²) in [7, 11) is 1.93. The lowest BCUT2D eigenvalue weighted by molar-refractivity contribution is 0.0215. The van der Waals surface area contributed by atoms with Gasteiger partial charge in [-0.2, -0.15) is 0 Å². The van der Waals surface area contributed by atoms with Crippen LogP contribution in [0.5, 0.6) is 0 Å². The second-order valence-corrected chi connectivity index (χ2v) is 5.27. The summed E-state index contributed by atoms with van der Waals surface area (Å²) < 4.78 is 11.8. The lowest BCUT2D eigenvalue weighted by atomic mass is 10.1. The van der Waals surface area contributed by atoms with Crippen molar-refractivity contribution in [3.63, 3.8) is 0 Å². The normalized spacial score (nSPS) is 17.9. The Hall–Kier alpha value is -0.800. The summed E-state index contributed by atoms with van der Waals surface area (Å²) in [4.78, 5) is 0. The Balaban J connectivity index is 1.83. The largest absolute Gasteiger partial charge is 0.462 e. The number of furan rings is 1. The molecule has 0 aliphatic heterocycles. The van der Waals surface area contributed by atoms with E-state index in [9.17, 15) is 0 Å². The van der Waals surface area contributed by atoms with E-state index in [4.69, 9.17) is 9.15 Å². The molecule has 0 saturated heterocycles. The highest BCUT2D eigenvalue weighted by molar-refractivity contribution is 5.19. The Bertz CT molecular complexity index is 351. The smallest absolute Gasteiger partial charge is 0.130 e. The minimum atomic E-state index is 0.436. The van der Waals surface area contributed by atoms with Crippen molar-refractivity contribution in [2.75, 3.05) is 7.05 Å². The Morgan fingerprint density at radius 2 is 2.00 bits per heavy atom. The summed E-state index contributed by atoms with van der Waals surface area (Å²) in [5, 5.41) is 3.12. The molecule has 0 amide bonds. The lowest BCUT2D eigenvalue weighted by Crippen LogP contribution is -2.11. The van der Waals surface area contributed by atoms with Gasteiger partial charge in [0.15, 0.2) is 0 Å². The Morgan fingerprint density at radius 3 is 2.67 bits per heavy atom. The van der Waals surface area contributed by atoms with E-state index < -0.39 is 0 Å². The molecule has 1 aromatic heterocycles. The molecule has 1 heterocycles. The van der Waals surface area contributed by atoms with Gasteiger partial charge in [-0.05, 0) is 38.4 Å². The molecule has 0 bridgehead atoms. The zero-order valence-corrected chi connectivity index (χ0v) is 11.6. The van der Waals surface area contributed by atoms with Gasteiger partial charge in [0.1, 0.15) is 18.1 Å². The van der Waals surface area contributed by atoms with E-state index >= 15 is 0 Å². The van der Waals surface area contributed by atoms with Crippen LogP contribution in [0.25, 0.3) is 0 Å². The first kappa shape index (κ1) is 13.6. The van der Waals surface area contributed by atoms with Crippen LogP contribution in [-0.4, -0.2) is 13.2 Å². The van der Waals surface area contributed by atoms with Gasteiger partial charge < -0.3 is 14.5 Å². The van der Waals surface area contributed by atoms with E-state index in [1.54, 1.807) is 0 Å². The Labute approximate surface area is 110 Å². The van der Waals surface area contributed by atoms with Crippen molar-refractivity contribution >= 4 is 0 Å². The van der Waals surface area contributed by atoms with Gasteiger partial charge in [-0.3, -0.25) is 0 Å². The predicted molar refractivity (Wildman–Crippen MR) is 72.5 cm³/mol. The van der Waals surface area contributed by atoms with Crippen molar-refractivity contribution in [2.24, 2.45) is 0 Å². The van der Waals surface area contributed by atoms with Crippen molar-refractivity contribution in [2.45, 2.75) is 64.7 Å². The highest BCUT2D eigenvalue weighted by Gasteiger charge is 2.14. The van der Waals surface area contributed by atoms with Crippen LogP contribution < -0.4 is 5.32 Å². The zero-order valence-electron chi connectivity index (χ0n) is 11.6. The average Bonchev–Trinajstić information content (AvgIpc) is 2.57. The summed E-state index contributed by atoms with van der Waals surface area (Å²) >= 11 is 0. The van der Waals surface area contributed by atoms with E-state index in [-0.39, 0.29) is 0 Å². The molecule has 2 rings (SSSR count). The molecule has 1 aromatic rings. The summed E-state index contributed by atoms with van der Waals surface area (Å²) in [6.45, 7) is 3.50. The topological polar surface area (TPSA) is 34.4 Å². The van der Waals surface area contributed by atoms with Gasteiger partial charge in [0.2, 0.25) is 0 Å². The molecule has 1 N–H and O–H groups in total. The van der Waals surface area contributed by atoms with Gasteiger partial charge in [-0.25, -0.2) is 0 Å². The van der Waals surface area contributed by atoms with Crippen LogP contribution in [0.4, 0.5) is 0 Å². The van der Waals surface area contributed by atoms with Crippen LogP contribution in [0.15, 0.2) is 10.5 Å². The maximum Gasteiger partial charge on any atom is 0.130 e. The van der Waals surface area contributed by atoms with Crippen LogP contribution in [0, 0.1) is 6.92 Å². The second-order valence-electron chi connectivity index (χ2n) is 5.27. The summed E-state index contributed by atoms with van der Waals surface area (Å²) in [5.41, 5.74) is 1.21. The first-order valence-electron chi connectivity index (χ1n) is 7.14. The van der Waals surface area contributed by atoms with Gasteiger partial charge in [0.25, 0.3) is 0 Å². The van der Waals surface area contributed by atoms with Crippen molar-refractivity contribution in [3.05, 3.63) is 23.2 Å². The van der Waals surface area contributed by atoms with Crippen LogP contribution in [0.3, 0.4) is 0 Å². The maximum atomic E-state index is 5.98. The van der Waals surface area contributed by atoms with Crippen molar-refractivity contribution in [1.82, 2.24) is 5.32 Å². The molecular weight excluding hydrogens is 226 g/mol. The standard InChI is InChI=1S/C15H25NO2/c1-12-9-14(18-15(12)10-16-2)11-17-13-7-5-3-4-6-8-13/h9,13,16H,3-8,10-11H2,1-2H3. The highest BCUT2D eigenvalue weighted by Crippen LogP contribution is 2.22. The summed E-state index contributed by atoms with van der Waals surface area (Å²) in [5.74, 6) is 1.99. The molecule has 1 aliphatic rings. The minimum absolute atomic E-state index is 0.436. The first-order chi connectivity index (χ1) is 8.79. The highest BCUT2D eigenvalue weighted by atomic mass is 16.5. The monoisotopic (exact) mass is 251 g/mol. The van der Waals surface area contributed by atoms with Crippen molar-refractivity contribution in [1.29, 1.82) is 0 Å². The van der Waals surface area contributed by atoms with Gasteiger partial charge in [-0.15, -0.1) is 0 Å². The molecule has 1 saturated carbocycles. The number of aryl methyl sites for hydroxylation is 1. The van der Waals surface area contributed by atoms with Gasteiger partial charge in [0, 0.05) is 0 Å². The molecule has 0 aromatic carbocycles. The molecule has 0 radical (unpaired) electrons. The van der Waals surface area contributed by atoms with Crippen molar-refractivity contribution < 1.29 is 9.15 Å². The fraction of sp³-hybridized carbons (Fsp3) is 0.733. The summed E-state index contributed by atoms with van der Waals surface area (Å²) in [6, 6.07) is 2.10. The van der Waals surface area contributed by atoms with E-state index in [1.807, 2.05) is 7.05 Å². The summed E-state index contributed by atoms with van der Waals surface area (Å²) in [6.07, 6.45) is 8.22. The Morgan fingerprint density at radius 1 is 1.28 bits per heavy atom.